The van der Waals surface area contributed by atoms with Gasteiger partial charge in [-0.2, -0.15) is 18.2 Å². The highest BCUT2D eigenvalue weighted by molar-refractivity contribution is 6.07. The van der Waals surface area contributed by atoms with Gasteiger partial charge in [-0.3, -0.25) is 0 Å². The SMILES string of the molecule is CC1=C(C)/C2=N/c3ncc(C(F)(F)F)c(n3)N[C@H](C)CCCC2N1. The molecule has 0 saturated carbocycles. The Balaban J connectivity index is 2.09. The second-order valence-corrected chi connectivity index (χ2v) is 6.35. The van der Waals surface area contributed by atoms with E-state index in [-0.39, 0.29) is 23.8 Å². The largest absolute Gasteiger partial charge is 0.421 e. The first kappa shape index (κ1) is 16.7. The van der Waals surface area contributed by atoms with E-state index in [4.69, 9.17) is 0 Å². The first-order chi connectivity index (χ1) is 11.3. The fourth-order valence-corrected chi connectivity index (χ4v) is 3.05. The quantitative estimate of drug-likeness (QED) is 0.754. The zero-order chi connectivity index (χ0) is 17.5. The number of hydrogen-bond acceptors (Lipinski definition) is 5. The van der Waals surface area contributed by atoms with E-state index in [0.29, 0.717) is 0 Å². The third kappa shape index (κ3) is 3.22. The third-order valence-corrected chi connectivity index (χ3v) is 4.48. The number of fused-ring (bicyclic) bond motifs is 3. The summed E-state index contributed by atoms with van der Waals surface area (Å²) in [7, 11) is 0. The van der Waals surface area contributed by atoms with Gasteiger partial charge in [0, 0.05) is 17.9 Å². The fourth-order valence-electron chi connectivity index (χ4n) is 3.05. The topological polar surface area (TPSA) is 62.2 Å². The van der Waals surface area contributed by atoms with Crippen molar-refractivity contribution in [3.05, 3.63) is 23.0 Å². The Hall–Kier alpha value is -2.12. The molecule has 2 bridgehead atoms. The number of nitrogens with zero attached hydrogens (tertiary/aromatic N) is 3. The van der Waals surface area contributed by atoms with Crippen molar-refractivity contribution in [2.75, 3.05) is 5.32 Å². The molecule has 0 radical (unpaired) electrons. The van der Waals surface area contributed by atoms with Crippen molar-refractivity contribution < 1.29 is 13.2 Å². The van der Waals surface area contributed by atoms with Crippen LogP contribution >= 0.6 is 0 Å². The van der Waals surface area contributed by atoms with E-state index in [1.807, 2.05) is 20.8 Å². The van der Waals surface area contributed by atoms with Gasteiger partial charge in [0.25, 0.3) is 5.95 Å². The number of rotatable bonds is 0. The summed E-state index contributed by atoms with van der Waals surface area (Å²) in [5, 5.41) is 6.26. The first-order valence-corrected chi connectivity index (χ1v) is 7.99. The number of allylic oxidation sites excluding steroid dienone is 1. The van der Waals surface area contributed by atoms with Crippen LogP contribution in [0, 0.1) is 0 Å². The number of nitrogens with one attached hydrogen (secondary N) is 2. The zero-order valence-corrected chi connectivity index (χ0v) is 13.8. The molecule has 1 unspecified atom stereocenters. The van der Waals surface area contributed by atoms with Crippen LogP contribution in [0.2, 0.25) is 0 Å². The summed E-state index contributed by atoms with van der Waals surface area (Å²) in [6.07, 6.45) is -1.21. The molecule has 2 atom stereocenters. The standard InChI is InChI=1S/C16H20F3N5/c1-8-5-4-6-12-13(9(2)10(3)22-12)23-15-20-7-11(16(17,18)19)14(21-8)24-15/h7-8,12,22H,4-6H2,1-3H3,(H,20,21,24)/b23-13-/t8-,12?/m1/s1. The van der Waals surface area contributed by atoms with Crippen LogP contribution in [0.1, 0.15) is 45.6 Å². The second-order valence-electron chi connectivity index (χ2n) is 6.35. The van der Waals surface area contributed by atoms with Crippen LogP contribution in [0.5, 0.6) is 0 Å². The van der Waals surface area contributed by atoms with Gasteiger partial charge < -0.3 is 10.6 Å². The van der Waals surface area contributed by atoms with Gasteiger partial charge in [-0.15, -0.1) is 0 Å². The number of aromatic nitrogens is 2. The molecule has 3 heterocycles. The lowest BCUT2D eigenvalue weighted by Crippen LogP contribution is -2.29. The minimum absolute atomic E-state index is 0.0513. The zero-order valence-electron chi connectivity index (χ0n) is 13.8. The van der Waals surface area contributed by atoms with E-state index in [2.05, 4.69) is 25.6 Å². The molecule has 0 spiro atoms. The normalized spacial score (nSPS) is 26.7. The van der Waals surface area contributed by atoms with E-state index in [9.17, 15) is 13.2 Å². The molecule has 2 N–H and O–H groups in total. The van der Waals surface area contributed by atoms with Crippen LogP contribution in [-0.4, -0.2) is 27.8 Å². The molecule has 1 aromatic rings. The van der Waals surface area contributed by atoms with Gasteiger partial charge in [0.1, 0.15) is 11.4 Å². The maximum Gasteiger partial charge on any atom is 0.421 e. The van der Waals surface area contributed by atoms with Crippen molar-refractivity contribution >= 4 is 17.5 Å². The molecule has 24 heavy (non-hydrogen) atoms. The maximum atomic E-state index is 13.2. The lowest BCUT2D eigenvalue weighted by atomic mass is 10.0. The van der Waals surface area contributed by atoms with Crippen molar-refractivity contribution in [3.63, 3.8) is 0 Å². The summed E-state index contributed by atoms with van der Waals surface area (Å²) < 4.78 is 39.5. The molecule has 1 aromatic heterocycles. The van der Waals surface area contributed by atoms with Crippen molar-refractivity contribution in [2.24, 2.45) is 4.99 Å². The van der Waals surface area contributed by atoms with Crippen LogP contribution < -0.4 is 10.6 Å². The highest BCUT2D eigenvalue weighted by Crippen LogP contribution is 2.35. The molecule has 2 aliphatic rings. The highest BCUT2D eigenvalue weighted by atomic mass is 19.4. The number of hydrogen-bond donors (Lipinski definition) is 2. The van der Waals surface area contributed by atoms with Gasteiger partial charge in [-0.05, 0) is 45.6 Å². The molecule has 0 aromatic carbocycles. The Morgan fingerprint density at radius 3 is 2.62 bits per heavy atom. The van der Waals surface area contributed by atoms with E-state index >= 15 is 0 Å². The summed E-state index contributed by atoms with van der Waals surface area (Å²) in [5.74, 6) is -0.150. The molecule has 3 rings (SSSR count). The predicted octanol–water partition coefficient (Wildman–Crippen LogP) is 3.82. The molecular formula is C16H20F3N5. The van der Waals surface area contributed by atoms with E-state index in [0.717, 1.165) is 42.4 Å². The summed E-state index contributed by atoms with van der Waals surface area (Å²) in [5.41, 5.74) is 1.99. The molecule has 5 nitrogen and oxygen atoms in total. The summed E-state index contributed by atoms with van der Waals surface area (Å²) in [6, 6.07) is -0.0587. The van der Waals surface area contributed by atoms with Crippen LogP contribution in [-0.2, 0) is 6.18 Å². The predicted molar refractivity (Wildman–Crippen MR) is 86.4 cm³/mol. The highest BCUT2D eigenvalue weighted by Gasteiger charge is 2.36. The molecule has 8 heteroatoms. The van der Waals surface area contributed by atoms with Gasteiger partial charge in [0.05, 0.1) is 11.8 Å². The summed E-state index contributed by atoms with van der Waals surface area (Å²) >= 11 is 0. The van der Waals surface area contributed by atoms with E-state index < -0.39 is 11.7 Å². The van der Waals surface area contributed by atoms with Crippen molar-refractivity contribution in [1.82, 2.24) is 15.3 Å². The Kier molecular flexibility index (Phi) is 4.23. The third-order valence-electron chi connectivity index (χ3n) is 4.48. The lowest BCUT2D eigenvalue weighted by molar-refractivity contribution is -0.137. The maximum absolute atomic E-state index is 13.2. The Labute approximate surface area is 138 Å². The molecule has 2 aliphatic heterocycles. The van der Waals surface area contributed by atoms with Gasteiger partial charge in [0.2, 0.25) is 0 Å². The minimum atomic E-state index is -4.50. The second kappa shape index (κ2) is 6.07. The number of aliphatic imine (C=N–C) groups is 1. The lowest BCUT2D eigenvalue weighted by Gasteiger charge is -2.18. The van der Waals surface area contributed by atoms with Crippen molar-refractivity contribution in [3.8, 4) is 0 Å². The number of alkyl halides is 3. The van der Waals surface area contributed by atoms with Crippen molar-refractivity contribution in [1.29, 1.82) is 0 Å². The van der Waals surface area contributed by atoms with Crippen molar-refractivity contribution in [2.45, 2.75) is 58.3 Å². The van der Waals surface area contributed by atoms with Crippen LogP contribution in [0.25, 0.3) is 0 Å². The molecule has 0 aliphatic carbocycles. The van der Waals surface area contributed by atoms with Crippen LogP contribution in [0.15, 0.2) is 22.5 Å². The minimum Gasteiger partial charge on any atom is -0.380 e. The fraction of sp³-hybridized carbons (Fsp3) is 0.562. The van der Waals surface area contributed by atoms with Gasteiger partial charge in [-0.25, -0.2) is 9.98 Å². The van der Waals surface area contributed by atoms with E-state index in [1.54, 1.807) is 0 Å². The van der Waals surface area contributed by atoms with Gasteiger partial charge in [-0.1, -0.05) is 0 Å². The Morgan fingerprint density at radius 1 is 1.17 bits per heavy atom. The summed E-state index contributed by atoms with van der Waals surface area (Å²) in [4.78, 5) is 12.3. The number of anilines is 1. The Bertz CT molecular complexity index is 708. The van der Waals surface area contributed by atoms with Gasteiger partial charge in [0.15, 0.2) is 0 Å². The molecule has 0 saturated heterocycles. The number of halogens is 3. The average Bonchev–Trinajstić information content (AvgIpc) is 2.73. The molecular weight excluding hydrogens is 319 g/mol. The monoisotopic (exact) mass is 339 g/mol. The van der Waals surface area contributed by atoms with Gasteiger partial charge >= 0.3 is 6.18 Å². The Morgan fingerprint density at radius 2 is 1.92 bits per heavy atom. The summed E-state index contributed by atoms with van der Waals surface area (Å²) in [6.45, 7) is 5.78. The van der Waals surface area contributed by atoms with Crippen LogP contribution in [0.4, 0.5) is 24.9 Å². The smallest absolute Gasteiger partial charge is 0.380 e. The molecule has 0 fully saturated rings. The molecule has 0 amide bonds. The average molecular weight is 339 g/mol. The van der Waals surface area contributed by atoms with Crippen LogP contribution in [0.3, 0.4) is 0 Å². The first-order valence-electron chi connectivity index (χ1n) is 7.99. The van der Waals surface area contributed by atoms with E-state index in [1.165, 1.54) is 0 Å². The molecule has 130 valence electrons.